The Bertz CT molecular complexity index is 1420. The molecule has 2 fully saturated rings. The van der Waals surface area contributed by atoms with E-state index >= 15 is 0 Å². The topological polar surface area (TPSA) is 210 Å². The average Bonchev–Trinajstić information content (AvgIpc) is 3.18. The van der Waals surface area contributed by atoms with Crippen LogP contribution in [0, 0.1) is 29.6 Å². The number of hydrogen-bond donors (Lipinski definition) is 5. The number of ether oxygens (including phenoxy) is 4. The number of carbonyl (C=O) groups excluding carboxylic acids is 3. The number of aliphatic hydroxyl groups excluding tert-OH is 3. The van der Waals surface area contributed by atoms with Crippen LogP contribution in [0.15, 0.2) is 23.3 Å². The van der Waals surface area contributed by atoms with E-state index in [1.807, 2.05) is 32.9 Å². The molecule has 14 heteroatoms. The van der Waals surface area contributed by atoms with Crippen molar-refractivity contribution < 1.29 is 63.7 Å². The van der Waals surface area contributed by atoms with Crippen molar-refractivity contribution in [3.05, 3.63) is 23.3 Å². The van der Waals surface area contributed by atoms with Gasteiger partial charge in [0, 0.05) is 52.0 Å². The molecule has 0 bridgehead atoms. The molecule has 1 amide bonds. The van der Waals surface area contributed by atoms with Gasteiger partial charge in [0.1, 0.15) is 24.0 Å². The molecule has 14 nitrogen and oxygen atoms in total. The van der Waals surface area contributed by atoms with Crippen LogP contribution in [0.5, 0.6) is 0 Å². The third-order valence-electron chi connectivity index (χ3n) is 12.8. The largest absolute Gasteiger partial charge is 0.479 e. The molecular formula is C43H71NO13. The molecule has 1 saturated carbocycles. The third kappa shape index (κ3) is 12.2. The summed E-state index contributed by atoms with van der Waals surface area (Å²) in [6.07, 6.45) is 1.50. The highest BCUT2D eigenvalue weighted by molar-refractivity contribution is 6.06. The molecule has 1 aliphatic carbocycles. The highest BCUT2D eigenvalue weighted by Crippen LogP contribution is 2.35. The van der Waals surface area contributed by atoms with Gasteiger partial charge in [0.05, 0.1) is 30.5 Å². The summed E-state index contributed by atoms with van der Waals surface area (Å²) in [5.74, 6) is -6.53. The van der Waals surface area contributed by atoms with Crippen LogP contribution in [0.2, 0.25) is 0 Å². The molecule has 3 aliphatic rings. The lowest BCUT2D eigenvalue weighted by molar-refractivity contribution is -0.186. The van der Waals surface area contributed by atoms with Crippen molar-refractivity contribution in [2.75, 3.05) is 27.9 Å². The molecule has 0 aromatic carbocycles. The number of aliphatic hydroxyl groups is 4. The summed E-state index contributed by atoms with van der Waals surface area (Å²) in [7, 11) is 4.35. The lowest BCUT2D eigenvalue weighted by atomic mass is 9.80. The minimum absolute atomic E-state index is 0.0127. The number of amides is 1. The average molecular weight is 810 g/mol. The first-order chi connectivity index (χ1) is 26.8. The zero-order valence-corrected chi connectivity index (χ0v) is 35.6. The molecule has 14 atom stereocenters. The third-order valence-corrected chi connectivity index (χ3v) is 12.8. The number of aliphatic carboxylic acids is 1. The van der Waals surface area contributed by atoms with Crippen molar-refractivity contribution in [1.29, 1.82) is 0 Å². The quantitative estimate of drug-likeness (QED) is 0.140. The van der Waals surface area contributed by atoms with Crippen LogP contribution in [0.25, 0.3) is 0 Å². The van der Waals surface area contributed by atoms with Crippen LogP contribution in [-0.4, -0.2) is 136 Å². The molecule has 2 heterocycles. The minimum atomic E-state index is -2.99. The van der Waals surface area contributed by atoms with Gasteiger partial charge in [-0.05, 0) is 95.5 Å². The maximum absolute atomic E-state index is 14.3. The first kappa shape index (κ1) is 48.6. The number of nitrogens with zero attached hydrogens (tertiary/aromatic N) is 1. The van der Waals surface area contributed by atoms with Crippen molar-refractivity contribution in [2.45, 2.75) is 167 Å². The summed E-state index contributed by atoms with van der Waals surface area (Å²) in [6.45, 7) is 10.7. The molecule has 3 rings (SSSR count). The van der Waals surface area contributed by atoms with E-state index in [1.165, 1.54) is 21.1 Å². The van der Waals surface area contributed by atoms with E-state index in [-0.39, 0.29) is 49.5 Å². The summed E-state index contributed by atoms with van der Waals surface area (Å²) >= 11 is 0. The van der Waals surface area contributed by atoms with E-state index in [2.05, 4.69) is 0 Å². The first-order valence-corrected chi connectivity index (χ1v) is 20.8. The van der Waals surface area contributed by atoms with Gasteiger partial charge in [0.25, 0.3) is 5.91 Å². The lowest BCUT2D eigenvalue weighted by Crippen LogP contribution is -2.63. The molecule has 0 spiro atoms. The van der Waals surface area contributed by atoms with E-state index in [0.29, 0.717) is 56.9 Å². The lowest BCUT2D eigenvalue weighted by Gasteiger charge is -2.41. The molecule has 5 N–H and O–H groups in total. The number of carbonyl (C=O) groups is 4. The maximum atomic E-state index is 14.3. The first-order valence-electron chi connectivity index (χ1n) is 20.8. The van der Waals surface area contributed by atoms with Crippen LogP contribution in [0.1, 0.15) is 112 Å². The van der Waals surface area contributed by atoms with E-state index in [4.69, 9.17) is 18.9 Å². The fourth-order valence-corrected chi connectivity index (χ4v) is 9.12. The van der Waals surface area contributed by atoms with Gasteiger partial charge in [-0.3, -0.25) is 9.59 Å². The van der Waals surface area contributed by atoms with Crippen LogP contribution < -0.4 is 0 Å². The number of rotatable bonds is 7. The Morgan fingerprint density at radius 3 is 2.14 bits per heavy atom. The van der Waals surface area contributed by atoms with Gasteiger partial charge in [-0.1, -0.05) is 45.4 Å². The summed E-state index contributed by atoms with van der Waals surface area (Å²) in [5, 5.41) is 55.8. The van der Waals surface area contributed by atoms with Crippen LogP contribution in [0.4, 0.5) is 0 Å². The summed E-state index contributed by atoms with van der Waals surface area (Å²) < 4.78 is 23.0. The van der Waals surface area contributed by atoms with Gasteiger partial charge in [-0.2, -0.15) is 0 Å². The number of carboxylic acids is 1. The fraction of sp³-hybridized carbons (Fsp3) is 0.814. The Morgan fingerprint density at radius 2 is 1.54 bits per heavy atom. The van der Waals surface area contributed by atoms with Crippen LogP contribution >= 0.6 is 0 Å². The number of cyclic esters (lactones) is 1. The predicted octanol–water partition coefficient (Wildman–Crippen LogP) is 3.99. The number of methoxy groups -OCH3 is 3. The van der Waals surface area contributed by atoms with Gasteiger partial charge in [0.2, 0.25) is 5.60 Å². The Hall–Kier alpha value is -2.72. The van der Waals surface area contributed by atoms with Gasteiger partial charge < -0.3 is 49.4 Å². The second-order valence-corrected chi connectivity index (χ2v) is 17.1. The monoisotopic (exact) mass is 809 g/mol. The molecule has 326 valence electrons. The van der Waals surface area contributed by atoms with E-state index in [0.717, 1.165) is 10.5 Å². The Morgan fingerprint density at radius 1 is 0.912 bits per heavy atom. The number of piperidine rings is 1. The van der Waals surface area contributed by atoms with E-state index in [9.17, 15) is 44.7 Å². The molecule has 2 aliphatic heterocycles. The Kier molecular flexibility index (Phi) is 18.8. The molecule has 0 aromatic heterocycles. The number of fused-ring (bicyclic) bond motifs is 1. The van der Waals surface area contributed by atoms with Gasteiger partial charge in [0.15, 0.2) is 0 Å². The minimum Gasteiger partial charge on any atom is -0.479 e. The number of carboxylic acid groups (broad SMARTS) is 1. The molecule has 1 saturated heterocycles. The summed E-state index contributed by atoms with van der Waals surface area (Å²) in [5.41, 5.74) is -1.42. The number of esters is 1. The van der Waals surface area contributed by atoms with Crippen molar-refractivity contribution in [3.63, 3.8) is 0 Å². The van der Waals surface area contributed by atoms with Crippen molar-refractivity contribution in [3.8, 4) is 0 Å². The second kappa shape index (κ2) is 22.0. The zero-order chi connectivity index (χ0) is 42.8. The molecular weight excluding hydrogens is 738 g/mol. The molecule has 0 radical (unpaired) electrons. The normalized spacial score (nSPS) is 40.2. The smallest absolute Gasteiger partial charge is 0.345 e. The number of Topliss-reactive ketones (excluding diaryl/α,β-unsaturated/α-hetero) is 1. The molecule has 0 aromatic rings. The molecule has 57 heavy (non-hydrogen) atoms. The number of hydrogen-bond acceptors (Lipinski definition) is 12. The summed E-state index contributed by atoms with van der Waals surface area (Å²) in [6, 6.07) is -1.24. The van der Waals surface area contributed by atoms with Crippen molar-refractivity contribution in [2.24, 2.45) is 29.6 Å². The number of allylic oxidation sites excluding steroid dienone is 3. The van der Waals surface area contributed by atoms with E-state index in [1.54, 1.807) is 21.0 Å². The van der Waals surface area contributed by atoms with Gasteiger partial charge in [-0.25, -0.2) is 9.59 Å². The van der Waals surface area contributed by atoms with Gasteiger partial charge >= 0.3 is 11.9 Å². The van der Waals surface area contributed by atoms with Gasteiger partial charge in [-0.15, -0.1) is 0 Å². The van der Waals surface area contributed by atoms with Crippen LogP contribution in [-0.2, 0) is 38.1 Å². The Labute approximate surface area is 339 Å². The van der Waals surface area contributed by atoms with Crippen molar-refractivity contribution in [1.82, 2.24) is 4.90 Å². The second-order valence-electron chi connectivity index (χ2n) is 17.1. The summed E-state index contributed by atoms with van der Waals surface area (Å²) in [4.78, 5) is 56.3. The highest BCUT2D eigenvalue weighted by Gasteiger charge is 2.54. The van der Waals surface area contributed by atoms with Crippen molar-refractivity contribution >= 4 is 23.6 Å². The zero-order valence-electron chi connectivity index (χ0n) is 35.6. The fourth-order valence-electron chi connectivity index (χ4n) is 9.12. The number of ketones is 1. The van der Waals surface area contributed by atoms with Crippen LogP contribution in [0.3, 0.4) is 0 Å². The predicted molar refractivity (Wildman–Crippen MR) is 212 cm³/mol. The maximum Gasteiger partial charge on any atom is 0.345 e. The van der Waals surface area contributed by atoms with E-state index < -0.39 is 83.9 Å². The SMILES string of the molecule is CC[C@@H]1/C=C(\C)C[C@H](C)C[C@H](OC)[C@@H](O)[C@@H](OC)C[C@H](C)[C@](O)(C(=O)O)C(=O)N2CCCC[C@H]2C(=O)O[C@H](/C(C)=C/[C@@H]2CC[C@@H](O)[C@H](OC)C2)[C@H](C)[C@@H](O)CC1=O. The standard InChI is InChI=1S/C43H71NO13/c1-10-30-18-24(2)17-25(3)19-36(55-8)38(48)37(56-9)21-27(5)43(53,42(51)52)41(50)44-16-12-11-13-31(44)40(49)57-39(28(6)33(46)23-34(30)47)26(4)20-29-14-15-32(45)35(22-29)54-7/h18,20,25,27-33,35-39,45-46,48,53H,10-17,19,21-23H2,1-9H3,(H,51,52)/b24-18+,26-20+/t25-,27-,28+,29-,30+,31-,32+,33-,35+,36-,37-,38+,39+,43+/m0/s1. The Balaban J connectivity index is 2.13. The highest BCUT2D eigenvalue weighted by atomic mass is 16.5. The molecule has 0 unspecified atom stereocenters.